The molecule has 7 nitrogen and oxygen atoms in total. The number of aromatic nitrogens is 1. The van der Waals surface area contributed by atoms with E-state index in [4.69, 9.17) is 14.2 Å². The molecule has 0 aliphatic carbocycles. The lowest BCUT2D eigenvalue weighted by Gasteiger charge is -2.23. The molecule has 4 aromatic rings. The van der Waals surface area contributed by atoms with Gasteiger partial charge in [0.25, 0.3) is 5.91 Å². The zero-order chi connectivity index (χ0) is 32.5. The van der Waals surface area contributed by atoms with Crippen molar-refractivity contribution in [2.75, 3.05) is 30.5 Å². The van der Waals surface area contributed by atoms with Crippen LogP contribution >= 0.6 is 15.9 Å². The van der Waals surface area contributed by atoms with E-state index in [-0.39, 0.29) is 29.3 Å². The van der Waals surface area contributed by atoms with Crippen LogP contribution in [-0.2, 0) is 0 Å². The molecule has 240 valence electrons. The fraction of sp³-hybridized carbons (Fsp3) is 0.371. The Labute approximate surface area is 270 Å². The number of halogens is 3. The highest BCUT2D eigenvalue weighted by atomic mass is 79.9. The van der Waals surface area contributed by atoms with Crippen molar-refractivity contribution in [2.24, 2.45) is 0 Å². The molecule has 0 aliphatic rings. The monoisotopic (exact) mass is 684 g/mol. The van der Waals surface area contributed by atoms with Crippen molar-refractivity contribution in [3.8, 4) is 22.9 Å². The highest BCUT2D eigenvalue weighted by molar-refractivity contribution is 9.09. The number of pyridine rings is 1. The number of rotatable bonds is 15. The van der Waals surface area contributed by atoms with E-state index in [1.54, 1.807) is 55.0 Å². The molecule has 0 spiro atoms. The molecule has 4 rings (SSSR count). The molecule has 1 aromatic heterocycles. The highest BCUT2D eigenvalue weighted by Gasteiger charge is 2.24. The molecule has 0 unspecified atom stereocenters. The molecule has 10 heteroatoms. The third-order valence-electron chi connectivity index (χ3n) is 7.22. The van der Waals surface area contributed by atoms with Gasteiger partial charge in [-0.1, -0.05) is 35.2 Å². The number of amides is 1. The second-order valence-corrected chi connectivity index (χ2v) is 11.7. The Kier molecular flexibility index (Phi) is 12.0. The fourth-order valence-electron chi connectivity index (χ4n) is 5.12. The molecule has 0 aliphatic heterocycles. The van der Waals surface area contributed by atoms with Gasteiger partial charge in [-0.15, -0.1) is 0 Å². The third kappa shape index (κ3) is 8.63. The maximum Gasteiger partial charge on any atom is 0.263 e. The summed E-state index contributed by atoms with van der Waals surface area (Å²) in [4.78, 5) is 29.0. The molecule has 0 atom stereocenters. The average Bonchev–Trinajstić information content (AvgIpc) is 3.00. The smallest absolute Gasteiger partial charge is 0.263 e. The maximum atomic E-state index is 14.1. The first kappa shape index (κ1) is 34.0. The van der Waals surface area contributed by atoms with E-state index in [0.29, 0.717) is 35.1 Å². The predicted octanol–water partition coefficient (Wildman–Crippen LogP) is 8.46. The van der Waals surface area contributed by atoms with Crippen molar-refractivity contribution < 1.29 is 27.8 Å². The van der Waals surface area contributed by atoms with Gasteiger partial charge in [-0.3, -0.25) is 9.59 Å². The zero-order valence-electron chi connectivity index (χ0n) is 26.1. The van der Waals surface area contributed by atoms with Crippen molar-refractivity contribution in [1.82, 2.24) is 4.57 Å². The molecule has 0 fully saturated rings. The van der Waals surface area contributed by atoms with Crippen molar-refractivity contribution in [2.45, 2.75) is 59.0 Å². The largest absolute Gasteiger partial charge is 0.497 e. The quantitative estimate of drug-likeness (QED) is 0.0928. The van der Waals surface area contributed by atoms with Crippen molar-refractivity contribution >= 4 is 38.4 Å². The average molecular weight is 686 g/mol. The Bertz CT molecular complexity index is 1670. The van der Waals surface area contributed by atoms with E-state index in [2.05, 4.69) is 15.9 Å². The first-order valence-electron chi connectivity index (χ1n) is 15.2. The molecule has 1 amide bonds. The fourth-order valence-corrected chi connectivity index (χ4v) is 5.51. The molecule has 45 heavy (non-hydrogen) atoms. The van der Waals surface area contributed by atoms with Gasteiger partial charge in [0, 0.05) is 59.5 Å². The second-order valence-electron chi connectivity index (χ2n) is 10.9. The van der Waals surface area contributed by atoms with Gasteiger partial charge in [-0.05, 0) is 57.9 Å². The summed E-state index contributed by atoms with van der Waals surface area (Å²) in [6, 6.07) is 13.3. The third-order valence-corrected chi connectivity index (χ3v) is 7.78. The topological polar surface area (TPSA) is 70.0 Å². The van der Waals surface area contributed by atoms with Crippen LogP contribution in [-0.4, -0.2) is 42.2 Å². The summed E-state index contributed by atoms with van der Waals surface area (Å²) in [7, 11) is 1.54. The van der Waals surface area contributed by atoms with Gasteiger partial charge < -0.3 is 23.7 Å². The van der Waals surface area contributed by atoms with Crippen LogP contribution in [0.4, 0.5) is 14.5 Å². The second kappa shape index (κ2) is 15.9. The van der Waals surface area contributed by atoms with E-state index in [1.165, 1.54) is 17.5 Å². The minimum Gasteiger partial charge on any atom is -0.497 e. The number of benzene rings is 3. The van der Waals surface area contributed by atoms with Crippen LogP contribution in [0.2, 0.25) is 0 Å². The Morgan fingerprint density at radius 2 is 1.60 bits per heavy atom. The number of unbranched alkanes of at least 4 members (excludes halogenated alkanes) is 4. The lowest BCUT2D eigenvalue weighted by Crippen LogP contribution is -2.35. The summed E-state index contributed by atoms with van der Waals surface area (Å²) in [5.74, 6) is -0.704. The van der Waals surface area contributed by atoms with Crippen molar-refractivity contribution in [3.63, 3.8) is 0 Å². The normalized spacial score (nSPS) is 11.2. The van der Waals surface area contributed by atoms with Crippen LogP contribution < -0.4 is 24.5 Å². The Balaban J connectivity index is 1.82. The van der Waals surface area contributed by atoms with Gasteiger partial charge in [0.2, 0.25) is 5.43 Å². The number of carbonyl (C=O) groups is 1. The van der Waals surface area contributed by atoms with Crippen LogP contribution in [0.3, 0.4) is 0 Å². The summed E-state index contributed by atoms with van der Waals surface area (Å²) in [6.07, 6.45) is 6.75. The molecular formula is C35H39BrF2N2O5. The van der Waals surface area contributed by atoms with Gasteiger partial charge in [-0.25, -0.2) is 8.78 Å². The summed E-state index contributed by atoms with van der Waals surface area (Å²) in [5.41, 5.74) is 0.417. The van der Waals surface area contributed by atoms with Crippen LogP contribution in [0, 0.1) is 11.6 Å². The van der Waals surface area contributed by atoms with E-state index in [0.717, 1.165) is 49.2 Å². The van der Waals surface area contributed by atoms with E-state index in [1.807, 2.05) is 13.8 Å². The number of hydrogen-bond donors (Lipinski definition) is 0. The van der Waals surface area contributed by atoms with Crippen molar-refractivity contribution in [3.05, 3.63) is 88.2 Å². The minimum atomic E-state index is -0.826. The summed E-state index contributed by atoms with van der Waals surface area (Å²) >= 11 is 3.46. The van der Waals surface area contributed by atoms with Crippen LogP contribution in [0.5, 0.6) is 17.2 Å². The first-order chi connectivity index (χ1) is 21.6. The summed E-state index contributed by atoms with van der Waals surface area (Å²) in [5, 5.41) is 1.28. The number of nitrogens with zero attached hydrogens (tertiary/aromatic N) is 2. The molecular weight excluding hydrogens is 646 g/mol. The SMILES string of the molecule is CCN(C(=O)c1cn(-c2cc(OC)cc(OC(C)C)c2)c2cc(OCCCCCCCBr)ccc2c1=O)c1cc(F)cc(F)c1. The molecule has 0 bridgehead atoms. The number of methoxy groups -OCH3 is 1. The Hall–Kier alpha value is -3.92. The Morgan fingerprint density at radius 3 is 2.27 bits per heavy atom. The van der Waals surface area contributed by atoms with E-state index < -0.39 is 23.0 Å². The number of hydrogen-bond acceptors (Lipinski definition) is 5. The molecule has 0 radical (unpaired) electrons. The summed E-state index contributed by atoms with van der Waals surface area (Å²) < 4.78 is 47.5. The van der Waals surface area contributed by atoms with Crippen LogP contribution in [0.15, 0.2) is 65.6 Å². The highest BCUT2D eigenvalue weighted by Crippen LogP contribution is 2.30. The summed E-state index contributed by atoms with van der Waals surface area (Å²) in [6.45, 7) is 6.09. The standard InChI is InChI=1S/C35H39BrF2N2O5/c1-5-39(26-16-24(37)15-25(38)17-26)35(42)32-22-40(27-18-29(43-4)20-30(19-27)45-23(2)3)33-21-28(11-12-31(33)34(32)41)44-14-10-8-6-7-9-13-36/h11-12,15-23H,5-10,13-14H2,1-4H3. The van der Waals surface area contributed by atoms with Gasteiger partial charge >= 0.3 is 0 Å². The maximum absolute atomic E-state index is 14.1. The number of alkyl halides is 1. The number of anilines is 1. The lowest BCUT2D eigenvalue weighted by molar-refractivity contribution is 0.0987. The molecule has 1 heterocycles. The number of carbonyl (C=O) groups excluding carboxylic acids is 1. The van der Waals surface area contributed by atoms with Gasteiger partial charge in [0.1, 0.15) is 34.4 Å². The number of fused-ring (bicyclic) bond motifs is 1. The molecule has 0 saturated heterocycles. The van der Waals surface area contributed by atoms with Crippen LogP contribution in [0.25, 0.3) is 16.6 Å². The first-order valence-corrected chi connectivity index (χ1v) is 16.3. The number of ether oxygens (including phenoxy) is 3. The Morgan fingerprint density at radius 1 is 0.911 bits per heavy atom. The van der Waals surface area contributed by atoms with Crippen LogP contribution in [0.1, 0.15) is 63.2 Å². The molecule has 0 N–H and O–H groups in total. The molecule has 0 saturated carbocycles. The van der Waals surface area contributed by atoms with E-state index in [9.17, 15) is 18.4 Å². The lowest BCUT2D eigenvalue weighted by atomic mass is 10.1. The zero-order valence-corrected chi connectivity index (χ0v) is 27.7. The predicted molar refractivity (Wildman–Crippen MR) is 178 cm³/mol. The van der Waals surface area contributed by atoms with E-state index >= 15 is 0 Å². The van der Waals surface area contributed by atoms with Gasteiger partial charge in [-0.2, -0.15) is 0 Å². The van der Waals surface area contributed by atoms with Crippen molar-refractivity contribution in [1.29, 1.82) is 0 Å². The minimum absolute atomic E-state index is 0.0102. The molecule has 3 aromatic carbocycles. The van der Waals surface area contributed by atoms with Gasteiger partial charge in [0.05, 0.1) is 31.0 Å². The van der Waals surface area contributed by atoms with Gasteiger partial charge in [0.15, 0.2) is 0 Å².